The van der Waals surface area contributed by atoms with Crippen molar-refractivity contribution in [3.05, 3.63) is 59.2 Å². The summed E-state index contributed by atoms with van der Waals surface area (Å²) in [6.45, 7) is 7.18. The van der Waals surface area contributed by atoms with Gasteiger partial charge in [0.15, 0.2) is 11.6 Å². The first-order valence-electron chi connectivity index (χ1n) is 8.30. The van der Waals surface area contributed by atoms with Gasteiger partial charge in [-0.1, -0.05) is 30.3 Å². The SMILES string of the molecule is CCn1c(C)cc(/C=C(\C#N)c2nnc(-c3ccccc3)n2C)c1C. The molecule has 5 nitrogen and oxygen atoms in total. The molecule has 2 heterocycles. The minimum atomic E-state index is 0.508. The van der Waals surface area contributed by atoms with Crippen molar-refractivity contribution in [3.63, 3.8) is 0 Å². The number of hydrogen-bond acceptors (Lipinski definition) is 3. The zero-order chi connectivity index (χ0) is 18.0. The highest BCUT2D eigenvalue weighted by Gasteiger charge is 2.15. The van der Waals surface area contributed by atoms with Crippen LogP contribution in [-0.2, 0) is 13.6 Å². The summed E-state index contributed by atoms with van der Waals surface area (Å²) < 4.78 is 4.09. The van der Waals surface area contributed by atoms with Crippen molar-refractivity contribution in [2.75, 3.05) is 0 Å². The molecule has 0 unspecified atom stereocenters. The number of nitriles is 1. The Kier molecular flexibility index (Phi) is 4.53. The number of nitrogens with zero attached hydrogens (tertiary/aromatic N) is 5. The molecule has 1 aromatic carbocycles. The molecular weight excluding hydrogens is 310 g/mol. The van der Waals surface area contributed by atoms with Gasteiger partial charge >= 0.3 is 0 Å². The van der Waals surface area contributed by atoms with Crippen LogP contribution in [0.2, 0.25) is 0 Å². The van der Waals surface area contributed by atoms with Gasteiger partial charge < -0.3 is 9.13 Å². The number of aryl methyl sites for hydroxylation is 1. The maximum Gasteiger partial charge on any atom is 0.174 e. The van der Waals surface area contributed by atoms with Crippen molar-refractivity contribution in [3.8, 4) is 17.5 Å². The van der Waals surface area contributed by atoms with Crippen LogP contribution in [-0.4, -0.2) is 19.3 Å². The molecule has 0 spiro atoms. The molecule has 25 heavy (non-hydrogen) atoms. The minimum Gasteiger partial charge on any atom is -0.349 e. The van der Waals surface area contributed by atoms with E-state index in [1.54, 1.807) is 0 Å². The van der Waals surface area contributed by atoms with Gasteiger partial charge in [-0.15, -0.1) is 10.2 Å². The minimum absolute atomic E-state index is 0.508. The highest BCUT2D eigenvalue weighted by molar-refractivity contribution is 5.88. The zero-order valence-electron chi connectivity index (χ0n) is 15.0. The molecule has 0 atom stereocenters. The predicted molar refractivity (Wildman–Crippen MR) is 99.5 cm³/mol. The van der Waals surface area contributed by atoms with Crippen molar-refractivity contribution in [1.29, 1.82) is 5.26 Å². The average molecular weight is 331 g/mol. The first-order valence-corrected chi connectivity index (χ1v) is 8.30. The van der Waals surface area contributed by atoms with E-state index < -0.39 is 0 Å². The Labute approximate surface area is 147 Å². The normalized spacial score (nSPS) is 11.6. The second-order valence-corrected chi connectivity index (χ2v) is 6.01. The Morgan fingerprint density at radius 1 is 1.20 bits per heavy atom. The summed E-state index contributed by atoms with van der Waals surface area (Å²) in [5.74, 6) is 1.32. The first-order chi connectivity index (χ1) is 12.1. The lowest BCUT2D eigenvalue weighted by Crippen LogP contribution is -2.00. The molecule has 0 saturated heterocycles. The van der Waals surface area contributed by atoms with Gasteiger partial charge in [-0.3, -0.25) is 0 Å². The molecule has 0 amide bonds. The lowest BCUT2D eigenvalue weighted by atomic mass is 10.1. The van der Waals surface area contributed by atoms with Crippen LogP contribution in [0.3, 0.4) is 0 Å². The van der Waals surface area contributed by atoms with Gasteiger partial charge in [0.05, 0.1) is 5.57 Å². The highest BCUT2D eigenvalue weighted by atomic mass is 15.3. The van der Waals surface area contributed by atoms with Gasteiger partial charge in [-0.05, 0) is 38.5 Å². The summed E-state index contributed by atoms with van der Waals surface area (Å²) in [5, 5.41) is 18.2. The number of benzene rings is 1. The molecule has 126 valence electrons. The summed E-state index contributed by atoms with van der Waals surface area (Å²) >= 11 is 0. The summed E-state index contributed by atoms with van der Waals surface area (Å²) in [7, 11) is 1.89. The fraction of sp³-hybridized carbons (Fsp3) is 0.250. The molecule has 0 aliphatic carbocycles. The van der Waals surface area contributed by atoms with Crippen LogP contribution in [0.4, 0.5) is 0 Å². The van der Waals surface area contributed by atoms with Gasteiger partial charge in [-0.2, -0.15) is 5.26 Å². The predicted octanol–water partition coefficient (Wildman–Crippen LogP) is 3.98. The monoisotopic (exact) mass is 331 g/mol. The van der Waals surface area contributed by atoms with E-state index in [2.05, 4.69) is 47.7 Å². The summed E-state index contributed by atoms with van der Waals surface area (Å²) in [4.78, 5) is 0. The Morgan fingerprint density at radius 2 is 1.92 bits per heavy atom. The number of allylic oxidation sites excluding steroid dienone is 1. The third-order valence-electron chi connectivity index (χ3n) is 4.50. The lowest BCUT2D eigenvalue weighted by Gasteiger charge is -2.05. The van der Waals surface area contributed by atoms with E-state index in [9.17, 15) is 5.26 Å². The molecular formula is C20H21N5. The Balaban J connectivity index is 2.06. The molecule has 0 N–H and O–H groups in total. The van der Waals surface area contributed by atoms with Crippen LogP contribution >= 0.6 is 0 Å². The molecule has 0 fully saturated rings. The van der Waals surface area contributed by atoms with Crippen LogP contribution in [0.1, 0.15) is 29.7 Å². The van der Waals surface area contributed by atoms with Gasteiger partial charge in [-0.25, -0.2) is 0 Å². The maximum absolute atomic E-state index is 9.66. The van der Waals surface area contributed by atoms with Crippen LogP contribution in [0.15, 0.2) is 36.4 Å². The van der Waals surface area contributed by atoms with Gasteiger partial charge in [0.25, 0.3) is 0 Å². The smallest absolute Gasteiger partial charge is 0.174 e. The summed E-state index contributed by atoms with van der Waals surface area (Å²) in [6.07, 6.45) is 1.90. The lowest BCUT2D eigenvalue weighted by molar-refractivity contribution is 0.718. The topological polar surface area (TPSA) is 59.4 Å². The third kappa shape index (κ3) is 2.99. The van der Waals surface area contributed by atoms with Crippen molar-refractivity contribution < 1.29 is 0 Å². The molecule has 0 saturated carbocycles. The second-order valence-electron chi connectivity index (χ2n) is 6.01. The van der Waals surface area contributed by atoms with E-state index in [0.717, 1.165) is 29.2 Å². The van der Waals surface area contributed by atoms with E-state index in [1.807, 2.05) is 48.0 Å². The van der Waals surface area contributed by atoms with Crippen molar-refractivity contribution in [2.45, 2.75) is 27.3 Å². The van der Waals surface area contributed by atoms with E-state index in [1.165, 1.54) is 5.69 Å². The molecule has 2 aromatic heterocycles. The Bertz CT molecular complexity index is 968. The Hall–Kier alpha value is -3.13. The largest absolute Gasteiger partial charge is 0.349 e. The Morgan fingerprint density at radius 3 is 2.52 bits per heavy atom. The zero-order valence-corrected chi connectivity index (χ0v) is 15.0. The van der Waals surface area contributed by atoms with Crippen LogP contribution in [0.5, 0.6) is 0 Å². The molecule has 3 aromatic rings. The van der Waals surface area contributed by atoms with E-state index >= 15 is 0 Å². The molecule has 0 aliphatic rings. The van der Waals surface area contributed by atoms with Crippen molar-refractivity contribution in [2.24, 2.45) is 7.05 Å². The number of aromatic nitrogens is 4. The summed E-state index contributed by atoms with van der Waals surface area (Å²) in [5.41, 5.74) is 4.86. The van der Waals surface area contributed by atoms with Gasteiger partial charge in [0, 0.05) is 30.5 Å². The standard InChI is InChI=1S/C20H21N5/c1-5-25-14(2)11-17(15(25)3)12-18(13-21)20-23-22-19(24(20)4)16-9-7-6-8-10-16/h6-12H,5H2,1-4H3/b18-12+. The van der Waals surface area contributed by atoms with E-state index in [-0.39, 0.29) is 0 Å². The molecule has 3 rings (SSSR count). The second kappa shape index (κ2) is 6.78. The maximum atomic E-state index is 9.66. The summed E-state index contributed by atoms with van der Waals surface area (Å²) in [6, 6.07) is 14.2. The van der Waals surface area contributed by atoms with Crippen molar-refractivity contribution >= 4 is 11.6 Å². The molecule has 0 aliphatic heterocycles. The van der Waals surface area contributed by atoms with Crippen LogP contribution in [0, 0.1) is 25.2 Å². The molecule has 0 bridgehead atoms. The average Bonchev–Trinajstić information content (AvgIpc) is 3.13. The third-order valence-corrected chi connectivity index (χ3v) is 4.50. The quantitative estimate of drug-likeness (QED) is 0.679. The van der Waals surface area contributed by atoms with Gasteiger partial charge in [0.2, 0.25) is 0 Å². The van der Waals surface area contributed by atoms with E-state index in [0.29, 0.717) is 11.4 Å². The molecule has 5 heteroatoms. The number of hydrogen-bond donors (Lipinski definition) is 0. The number of rotatable bonds is 4. The fourth-order valence-electron chi connectivity index (χ4n) is 3.17. The van der Waals surface area contributed by atoms with Gasteiger partial charge in [0.1, 0.15) is 6.07 Å². The van der Waals surface area contributed by atoms with Crippen molar-refractivity contribution in [1.82, 2.24) is 19.3 Å². The van der Waals surface area contributed by atoms with E-state index in [4.69, 9.17) is 0 Å². The highest BCUT2D eigenvalue weighted by Crippen LogP contribution is 2.24. The fourth-order valence-corrected chi connectivity index (χ4v) is 3.17. The molecule has 0 radical (unpaired) electrons. The van der Waals surface area contributed by atoms with Crippen LogP contribution < -0.4 is 0 Å². The first kappa shape index (κ1) is 16.7. The van der Waals surface area contributed by atoms with Crippen LogP contribution in [0.25, 0.3) is 23.0 Å².